The molecular formula is C15H13F6N. The van der Waals surface area contributed by atoms with Crippen molar-refractivity contribution in [2.75, 3.05) is 0 Å². The van der Waals surface area contributed by atoms with Crippen LogP contribution in [0, 0.1) is 0 Å². The van der Waals surface area contributed by atoms with Gasteiger partial charge in [0.2, 0.25) is 0 Å². The van der Waals surface area contributed by atoms with E-state index in [0.717, 1.165) is 18.3 Å². The molecule has 0 atom stereocenters. The van der Waals surface area contributed by atoms with Crippen molar-refractivity contribution in [1.82, 2.24) is 4.98 Å². The number of alkyl halides is 6. The Kier molecular flexibility index (Phi) is 3.66. The van der Waals surface area contributed by atoms with E-state index >= 15 is 0 Å². The first-order valence-corrected chi connectivity index (χ1v) is 6.39. The number of halogens is 6. The summed E-state index contributed by atoms with van der Waals surface area (Å²) in [6.07, 6.45) is -8.45. The number of aromatic nitrogens is 1. The SMILES string of the molecule is CC(C)(C)c1cc2c(C(F)(F)F)ccnc2cc1C(F)(F)F. The number of pyridine rings is 1. The molecule has 0 saturated carbocycles. The lowest BCUT2D eigenvalue weighted by molar-refractivity contribution is -0.138. The van der Waals surface area contributed by atoms with E-state index in [1.807, 2.05) is 0 Å². The number of hydrogen-bond acceptors (Lipinski definition) is 1. The van der Waals surface area contributed by atoms with Crippen molar-refractivity contribution >= 4 is 10.9 Å². The van der Waals surface area contributed by atoms with Crippen LogP contribution < -0.4 is 0 Å². The molecule has 0 aliphatic rings. The van der Waals surface area contributed by atoms with E-state index in [2.05, 4.69) is 4.98 Å². The van der Waals surface area contributed by atoms with E-state index in [0.29, 0.717) is 6.07 Å². The topological polar surface area (TPSA) is 12.9 Å². The van der Waals surface area contributed by atoms with Gasteiger partial charge < -0.3 is 0 Å². The van der Waals surface area contributed by atoms with Crippen molar-refractivity contribution < 1.29 is 26.3 Å². The monoisotopic (exact) mass is 321 g/mol. The van der Waals surface area contributed by atoms with E-state index in [9.17, 15) is 26.3 Å². The summed E-state index contributed by atoms with van der Waals surface area (Å²) in [6, 6.07) is 2.40. The minimum absolute atomic E-state index is 0.189. The molecule has 120 valence electrons. The van der Waals surface area contributed by atoms with Gasteiger partial charge in [0.15, 0.2) is 0 Å². The minimum Gasteiger partial charge on any atom is -0.256 e. The van der Waals surface area contributed by atoms with Crippen LogP contribution >= 0.6 is 0 Å². The third-order valence-electron chi connectivity index (χ3n) is 3.30. The average molecular weight is 321 g/mol. The summed E-state index contributed by atoms with van der Waals surface area (Å²) in [4.78, 5) is 3.65. The maximum atomic E-state index is 13.2. The van der Waals surface area contributed by atoms with Gasteiger partial charge in [-0.3, -0.25) is 4.98 Å². The Morgan fingerprint density at radius 3 is 1.77 bits per heavy atom. The first-order valence-electron chi connectivity index (χ1n) is 6.39. The second kappa shape index (κ2) is 4.86. The van der Waals surface area contributed by atoms with Crippen LogP contribution in [0.4, 0.5) is 26.3 Å². The van der Waals surface area contributed by atoms with Gasteiger partial charge in [0.05, 0.1) is 16.6 Å². The standard InChI is InChI=1S/C15H13F6N/c1-13(2,3)10-6-8-9(14(16,17)18)4-5-22-12(8)7-11(10)15(19,20)21/h4-7H,1-3H3. The number of benzene rings is 1. The van der Waals surface area contributed by atoms with Crippen LogP contribution in [0.2, 0.25) is 0 Å². The van der Waals surface area contributed by atoms with Crippen LogP contribution in [0.3, 0.4) is 0 Å². The number of rotatable bonds is 0. The maximum absolute atomic E-state index is 13.2. The fraction of sp³-hybridized carbons (Fsp3) is 0.400. The molecule has 0 unspecified atom stereocenters. The number of fused-ring (bicyclic) bond motifs is 1. The Bertz CT molecular complexity index is 707. The lowest BCUT2D eigenvalue weighted by Crippen LogP contribution is -2.20. The number of nitrogens with zero attached hydrogens (tertiary/aromatic N) is 1. The zero-order valence-corrected chi connectivity index (χ0v) is 12.0. The van der Waals surface area contributed by atoms with Gasteiger partial charge in [-0.1, -0.05) is 20.8 Å². The Morgan fingerprint density at radius 1 is 0.773 bits per heavy atom. The summed E-state index contributed by atoms with van der Waals surface area (Å²) in [7, 11) is 0. The molecule has 1 aromatic heterocycles. The van der Waals surface area contributed by atoms with Crippen molar-refractivity contribution in [3.8, 4) is 0 Å². The van der Waals surface area contributed by atoms with E-state index in [4.69, 9.17) is 0 Å². The Hall–Kier alpha value is -1.79. The van der Waals surface area contributed by atoms with Gasteiger partial charge in [0.25, 0.3) is 0 Å². The molecule has 0 radical (unpaired) electrons. The molecule has 1 aromatic carbocycles. The van der Waals surface area contributed by atoms with Crippen molar-refractivity contribution in [1.29, 1.82) is 0 Å². The van der Waals surface area contributed by atoms with Gasteiger partial charge in [-0.2, -0.15) is 26.3 Å². The lowest BCUT2D eigenvalue weighted by atomic mass is 9.82. The van der Waals surface area contributed by atoms with Gasteiger partial charge in [0, 0.05) is 11.6 Å². The smallest absolute Gasteiger partial charge is 0.256 e. The molecule has 0 N–H and O–H groups in total. The van der Waals surface area contributed by atoms with Gasteiger partial charge in [-0.25, -0.2) is 0 Å². The maximum Gasteiger partial charge on any atom is 0.417 e. The van der Waals surface area contributed by atoms with E-state index in [1.165, 1.54) is 20.8 Å². The fourth-order valence-electron chi connectivity index (χ4n) is 2.29. The molecule has 1 nitrogen and oxygen atoms in total. The molecule has 0 bridgehead atoms. The molecule has 7 heteroatoms. The first kappa shape index (κ1) is 16.6. The second-order valence-electron chi connectivity index (χ2n) is 6.02. The van der Waals surface area contributed by atoms with Gasteiger partial charge in [0.1, 0.15) is 0 Å². The molecule has 0 amide bonds. The lowest BCUT2D eigenvalue weighted by Gasteiger charge is -2.25. The summed E-state index contributed by atoms with van der Waals surface area (Å²) >= 11 is 0. The normalized spacial score (nSPS) is 13.7. The largest absolute Gasteiger partial charge is 0.417 e. The predicted molar refractivity (Wildman–Crippen MR) is 70.4 cm³/mol. The highest BCUT2D eigenvalue weighted by Gasteiger charge is 2.39. The molecule has 2 aromatic rings. The second-order valence-corrected chi connectivity index (χ2v) is 6.02. The molecule has 0 aliphatic heterocycles. The van der Waals surface area contributed by atoms with Crippen molar-refractivity contribution in [2.45, 2.75) is 38.5 Å². The molecule has 0 aliphatic carbocycles. The molecule has 0 spiro atoms. The van der Waals surface area contributed by atoms with Crippen LogP contribution in [-0.4, -0.2) is 4.98 Å². The van der Waals surface area contributed by atoms with Crippen LogP contribution in [0.25, 0.3) is 10.9 Å². The highest BCUT2D eigenvalue weighted by Crippen LogP contribution is 2.42. The molecular weight excluding hydrogens is 308 g/mol. The minimum atomic E-state index is -4.66. The summed E-state index contributed by atoms with van der Waals surface area (Å²) in [6.45, 7) is 4.56. The van der Waals surface area contributed by atoms with Gasteiger partial charge >= 0.3 is 12.4 Å². The van der Waals surface area contributed by atoms with E-state index in [-0.39, 0.29) is 16.5 Å². The highest BCUT2D eigenvalue weighted by molar-refractivity contribution is 5.84. The molecule has 1 heterocycles. The zero-order valence-electron chi connectivity index (χ0n) is 12.0. The Labute approximate surface area is 123 Å². The quantitative estimate of drug-likeness (QED) is 0.578. The van der Waals surface area contributed by atoms with Crippen LogP contribution in [0.5, 0.6) is 0 Å². The fourth-order valence-corrected chi connectivity index (χ4v) is 2.29. The van der Waals surface area contributed by atoms with E-state index < -0.39 is 28.9 Å². The van der Waals surface area contributed by atoms with Crippen molar-refractivity contribution in [3.05, 3.63) is 41.1 Å². The zero-order chi connectivity index (χ0) is 16.9. The van der Waals surface area contributed by atoms with E-state index in [1.54, 1.807) is 0 Å². The number of hydrogen-bond donors (Lipinski definition) is 0. The van der Waals surface area contributed by atoms with Crippen LogP contribution in [0.1, 0.15) is 37.5 Å². The molecule has 22 heavy (non-hydrogen) atoms. The van der Waals surface area contributed by atoms with Gasteiger partial charge in [-0.15, -0.1) is 0 Å². The highest BCUT2D eigenvalue weighted by atomic mass is 19.4. The molecule has 0 fully saturated rings. The predicted octanol–water partition coefficient (Wildman–Crippen LogP) is 5.57. The first-order chi connectivity index (χ1) is 9.82. The van der Waals surface area contributed by atoms with Crippen LogP contribution in [0.15, 0.2) is 24.4 Å². The van der Waals surface area contributed by atoms with Crippen molar-refractivity contribution in [3.63, 3.8) is 0 Å². The average Bonchev–Trinajstić information content (AvgIpc) is 2.33. The van der Waals surface area contributed by atoms with Crippen LogP contribution in [-0.2, 0) is 17.8 Å². The Morgan fingerprint density at radius 2 is 1.32 bits per heavy atom. The summed E-state index contributed by atoms with van der Waals surface area (Å²) in [5.41, 5.74) is -3.42. The Balaban J connectivity index is 2.91. The third-order valence-corrected chi connectivity index (χ3v) is 3.30. The summed E-state index contributed by atoms with van der Waals surface area (Å²) < 4.78 is 78.7. The third kappa shape index (κ3) is 3.03. The van der Waals surface area contributed by atoms with Gasteiger partial charge in [-0.05, 0) is 29.2 Å². The summed E-state index contributed by atoms with van der Waals surface area (Å²) in [5.74, 6) is 0. The molecule has 0 saturated heterocycles. The van der Waals surface area contributed by atoms with Crippen molar-refractivity contribution in [2.24, 2.45) is 0 Å². The molecule has 2 rings (SSSR count). The summed E-state index contributed by atoms with van der Waals surface area (Å²) in [5, 5.41) is -0.326.